The van der Waals surface area contributed by atoms with Crippen LogP contribution in [0.5, 0.6) is 0 Å². The third-order valence-electron chi connectivity index (χ3n) is 3.75. The molecule has 0 saturated heterocycles. The number of hydrogen-bond donors (Lipinski definition) is 1. The smallest absolute Gasteiger partial charge is 0.133 e. The third-order valence-corrected chi connectivity index (χ3v) is 5.16. The average molecular weight is 308 g/mol. The van der Waals surface area contributed by atoms with Gasteiger partial charge in [-0.1, -0.05) is 18.0 Å². The van der Waals surface area contributed by atoms with E-state index in [4.69, 9.17) is 11.6 Å². The second kappa shape index (κ2) is 6.10. The number of halogens is 1. The molecule has 1 aliphatic rings. The fraction of sp³-hybridized carbons (Fsp3) is 0.467. The Kier molecular flexibility index (Phi) is 4.22. The summed E-state index contributed by atoms with van der Waals surface area (Å²) >= 11 is 7.63. The van der Waals surface area contributed by atoms with Crippen LogP contribution in [-0.4, -0.2) is 9.97 Å². The summed E-state index contributed by atoms with van der Waals surface area (Å²) < 4.78 is 0.829. The molecular weight excluding hydrogens is 290 g/mol. The first-order valence-corrected chi connectivity index (χ1v) is 8.28. The fourth-order valence-electron chi connectivity index (χ4n) is 2.66. The molecule has 0 aliphatic heterocycles. The number of rotatable bonds is 3. The van der Waals surface area contributed by atoms with Crippen molar-refractivity contribution < 1.29 is 0 Å². The van der Waals surface area contributed by atoms with Crippen molar-refractivity contribution >= 4 is 28.8 Å². The van der Waals surface area contributed by atoms with E-state index in [1.807, 2.05) is 6.07 Å². The van der Waals surface area contributed by atoms with E-state index in [1.54, 1.807) is 17.7 Å². The van der Waals surface area contributed by atoms with Crippen LogP contribution in [0.4, 0.5) is 5.82 Å². The highest BCUT2D eigenvalue weighted by atomic mass is 35.5. The van der Waals surface area contributed by atoms with Gasteiger partial charge in [0.25, 0.3) is 0 Å². The zero-order valence-electron chi connectivity index (χ0n) is 11.5. The maximum absolute atomic E-state index is 6.01. The van der Waals surface area contributed by atoms with Crippen LogP contribution in [0.2, 0.25) is 4.34 Å². The Bertz CT molecular complexity index is 597. The minimum absolute atomic E-state index is 0.217. The molecule has 0 fully saturated rings. The van der Waals surface area contributed by atoms with Crippen LogP contribution < -0.4 is 5.32 Å². The summed E-state index contributed by atoms with van der Waals surface area (Å²) in [5.74, 6) is 0.994. The molecule has 106 valence electrons. The number of anilines is 1. The first kappa shape index (κ1) is 13.8. The van der Waals surface area contributed by atoms with Gasteiger partial charge in [-0.25, -0.2) is 9.97 Å². The Hall–Kier alpha value is -1.13. The van der Waals surface area contributed by atoms with E-state index >= 15 is 0 Å². The highest BCUT2D eigenvalue weighted by Gasteiger charge is 2.16. The summed E-state index contributed by atoms with van der Waals surface area (Å²) in [4.78, 5) is 10.1. The van der Waals surface area contributed by atoms with E-state index in [2.05, 4.69) is 28.3 Å². The van der Waals surface area contributed by atoms with Crippen molar-refractivity contribution in [2.75, 3.05) is 5.32 Å². The van der Waals surface area contributed by atoms with Crippen LogP contribution in [0, 0.1) is 0 Å². The lowest BCUT2D eigenvalue weighted by Gasteiger charge is -2.17. The van der Waals surface area contributed by atoms with Crippen molar-refractivity contribution in [3.63, 3.8) is 0 Å². The number of fused-ring (bicyclic) bond motifs is 1. The van der Waals surface area contributed by atoms with E-state index in [9.17, 15) is 0 Å². The van der Waals surface area contributed by atoms with E-state index < -0.39 is 0 Å². The van der Waals surface area contributed by atoms with Crippen LogP contribution in [0.1, 0.15) is 48.4 Å². The molecule has 3 nitrogen and oxygen atoms in total. The van der Waals surface area contributed by atoms with E-state index in [0.29, 0.717) is 0 Å². The molecular formula is C15H18ClN3S. The molecule has 0 bridgehead atoms. The lowest BCUT2D eigenvalue weighted by Crippen LogP contribution is -2.11. The molecule has 2 aromatic rings. The van der Waals surface area contributed by atoms with Gasteiger partial charge < -0.3 is 5.32 Å². The van der Waals surface area contributed by atoms with Crippen LogP contribution in [-0.2, 0) is 12.8 Å². The minimum atomic E-state index is 0.217. The lowest BCUT2D eigenvalue weighted by atomic mass is 10.1. The summed E-state index contributed by atoms with van der Waals surface area (Å²) in [6.07, 6.45) is 7.59. The van der Waals surface area contributed by atoms with Gasteiger partial charge in [-0.05, 0) is 44.7 Å². The SMILES string of the molecule is CC(Nc1ncnc2c1CCCCC2)c1ccc(Cl)s1. The maximum atomic E-state index is 6.01. The van der Waals surface area contributed by atoms with Gasteiger partial charge in [-0.3, -0.25) is 0 Å². The van der Waals surface area contributed by atoms with Gasteiger partial charge in [-0.15, -0.1) is 11.3 Å². The molecule has 20 heavy (non-hydrogen) atoms. The summed E-state index contributed by atoms with van der Waals surface area (Å²) in [6, 6.07) is 4.24. The van der Waals surface area contributed by atoms with Gasteiger partial charge in [0.05, 0.1) is 10.4 Å². The summed E-state index contributed by atoms with van der Waals surface area (Å²) in [5.41, 5.74) is 2.52. The summed E-state index contributed by atoms with van der Waals surface area (Å²) in [6.45, 7) is 2.15. The van der Waals surface area contributed by atoms with Crippen molar-refractivity contribution in [1.82, 2.24) is 9.97 Å². The van der Waals surface area contributed by atoms with Gasteiger partial charge in [0, 0.05) is 16.1 Å². The predicted octanol–water partition coefficient (Wildman–Crippen LogP) is 4.63. The molecule has 1 N–H and O–H groups in total. The number of nitrogens with zero attached hydrogens (tertiary/aromatic N) is 2. The van der Waals surface area contributed by atoms with Gasteiger partial charge in [-0.2, -0.15) is 0 Å². The number of hydrogen-bond acceptors (Lipinski definition) is 4. The van der Waals surface area contributed by atoms with Gasteiger partial charge in [0.15, 0.2) is 0 Å². The first-order chi connectivity index (χ1) is 9.74. The van der Waals surface area contributed by atoms with Crippen molar-refractivity contribution in [2.45, 2.75) is 45.1 Å². The van der Waals surface area contributed by atoms with Crippen molar-refractivity contribution in [2.24, 2.45) is 0 Å². The average Bonchev–Trinajstić information content (AvgIpc) is 2.73. The van der Waals surface area contributed by atoms with Gasteiger partial charge in [0.1, 0.15) is 12.1 Å². The molecule has 5 heteroatoms. The van der Waals surface area contributed by atoms with Crippen molar-refractivity contribution in [1.29, 1.82) is 0 Å². The zero-order chi connectivity index (χ0) is 13.9. The molecule has 2 aromatic heterocycles. The molecule has 2 heterocycles. The first-order valence-electron chi connectivity index (χ1n) is 7.08. The van der Waals surface area contributed by atoms with Gasteiger partial charge >= 0.3 is 0 Å². The monoisotopic (exact) mass is 307 g/mol. The predicted molar refractivity (Wildman–Crippen MR) is 84.7 cm³/mol. The largest absolute Gasteiger partial charge is 0.362 e. The quantitative estimate of drug-likeness (QED) is 0.840. The van der Waals surface area contributed by atoms with Crippen LogP contribution in [0.3, 0.4) is 0 Å². The van der Waals surface area contributed by atoms with Crippen molar-refractivity contribution in [3.8, 4) is 0 Å². The third kappa shape index (κ3) is 2.96. The summed E-state index contributed by atoms with van der Waals surface area (Å²) in [5, 5.41) is 3.53. The van der Waals surface area contributed by atoms with E-state index in [1.165, 1.54) is 35.4 Å². The molecule has 0 radical (unpaired) electrons. The van der Waals surface area contributed by atoms with E-state index in [0.717, 1.165) is 23.0 Å². The number of aryl methyl sites for hydroxylation is 1. The molecule has 0 spiro atoms. The minimum Gasteiger partial charge on any atom is -0.362 e. The van der Waals surface area contributed by atoms with Crippen molar-refractivity contribution in [3.05, 3.63) is 38.9 Å². The normalized spacial score (nSPS) is 16.3. The molecule has 1 atom stereocenters. The topological polar surface area (TPSA) is 37.8 Å². The zero-order valence-corrected chi connectivity index (χ0v) is 13.1. The maximum Gasteiger partial charge on any atom is 0.133 e. The van der Waals surface area contributed by atoms with Crippen LogP contribution in [0.15, 0.2) is 18.5 Å². The standard InChI is InChI=1S/C15H18ClN3S/c1-10(13-7-8-14(16)20-13)19-15-11-5-3-2-4-6-12(11)17-9-18-15/h7-10H,2-6H2,1H3,(H,17,18,19). The molecule has 0 amide bonds. The Morgan fingerprint density at radius 3 is 2.85 bits per heavy atom. The highest BCUT2D eigenvalue weighted by molar-refractivity contribution is 7.16. The Morgan fingerprint density at radius 2 is 2.05 bits per heavy atom. The molecule has 0 aromatic carbocycles. The molecule has 0 saturated carbocycles. The Morgan fingerprint density at radius 1 is 1.20 bits per heavy atom. The fourth-order valence-corrected chi connectivity index (χ4v) is 3.72. The number of aromatic nitrogens is 2. The summed E-state index contributed by atoms with van der Waals surface area (Å²) in [7, 11) is 0. The lowest BCUT2D eigenvalue weighted by molar-refractivity contribution is 0.708. The Labute approximate surface area is 128 Å². The Balaban J connectivity index is 1.84. The second-order valence-electron chi connectivity index (χ2n) is 5.22. The molecule has 1 aliphatic carbocycles. The highest BCUT2D eigenvalue weighted by Crippen LogP contribution is 2.31. The van der Waals surface area contributed by atoms with Gasteiger partial charge in [0.2, 0.25) is 0 Å². The van der Waals surface area contributed by atoms with Crippen LogP contribution in [0.25, 0.3) is 0 Å². The molecule has 1 unspecified atom stereocenters. The second-order valence-corrected chi connectivity index (χ2v) is 6.96. The number of nitrogens with one attached hydrogen (secondary N) is 1. The number of thiophene rings is 1. The molecule has 3 rings (SSSR count). The van der Waals surface area contributed by atoms with E-state index in [-0.39, 0.29) is 6.04 Å². The van der Waals surface area contributed by atoms with Crippen LogP contribution >= 0.6 is 22.9 Å².